The second-order valence-corrected chi connectivity index (χ2v) is 11.2. The van der Waals surface area contributed by atoms with Crippen LogP contribution in [-0.4, -0.2) is 84.2 Å². The molecule has 10 nitrogen and oxygen atoms in total. The number of carbonyl (C=O) groups excluding carboxylic acids is 5. The molecule has 0 aromatic heterocycles. The fraction of sp³-hybridized carbons (Fsp3) is 0.783. The number of hydrogen-bond acceptors (Lipinski definition) is 6. The minimum Gasteiger partial charge on any atom is -0.356 e. The van der Waals surface area contributed by atoms with Gasteiger partial charge in [-0.15, -0.1) is 13.2 Å². The van der Waals surface area contributed by atoms with Gasteiger partial charge in [-0.3, -0.25) is 28.7 Å². The van der Waals surface area contributed by atoms with Gasteiger partial charge in [0.1, 0.15) is 18.2 Å². The highest BCUT2D eigenvalue weighted by molar-refractivity contribution is 6.35. The maximum absolute atomic E-state index is 13.4. The van der Waals surface area contributed by atoms with Crippen LogP contribution in [0.1, 0.15) is 39.5 Å². The molecule has 4 fully saturated rings. The number of likely N-dealkylation sites (tertiary alicyclic amines) is 1. The maximum atomic E-state index is 13.4. The Balaban J connectivity index is 1.50. The second kappa shape index (κ2) is 9.63. The summed E-state index contributed by atoms with van der Waals surface area (Å²) in [7, 11) is 0. The molecule has 4 aliphatic rings. The largest absolute Gasteiger partial charge is 0.522 e. The molecule has 0 unspecified atom stereocenters. The van der Waals surface area contributed by atoms with Gasteiger partial charge in [0.25, 0.3) is 0 Å². The number of rotatable bonds is 8. The molecule has 2 heterocycles. The van der Waals surface area contributed by atoms with E-state index in [0.717, 1.165) is 4.90 Å². The fourth-order valence-corrected chi connectivity index (χ4v) is 5.74. The monoisotopic (exact) mass is 570 g/mol. The first-order valence-corrected chi connectivity index (χ1v) is 12.4. The Morgan fingerprint density at radius 2 is 1.77 bits per heavy atom. The number of halogens is 6. The molecule has 0 aromatic rings. The highest BCUT2D eigenvalue weighted by Crippen LogP contribution is 2.65. The number of ether oxygens (including phenoxy) is 1. The van der Waals surface area contributed by atoms with Gasteiger partial charge in [0.15, 0.2) is 5.78 Å². The first-order chi connectivity index (χ1) is 17.9. The summed E-state index contributed by atoms with van der Waals surface area (Å²) in [6, 6.07) is -2.94. The van der Waals surface area contributed by atoms with Crippen molar-refractivity contribution < 1.29 is 55.1 Å². The summed E-state index contributed by atoms with van der Waals surface area (Å²) in [4.78, 5) is 64.3. The molecule has 3 N–H and O–H groups in total. The average Bonchev–Trinajstić information content (AvgIpc) is 3.54. The van der Waals surface area contributed by atoms with Crippen molar-refractivity contribution in [3.63, 3.8) is 0 Å². The van der Waals surface area contributed by atoms with E-state index in [4.69, 9.17) is 0 Å². The number of piperidine rings is 1. The number of fused-ring (bicyclic) bond motifs is 1. The van der Waals surface area contributed by atoms with Crippen LogP contribution in [0.5, 0.6) is 0 Å². The van der Waals surface area contributed by atoms with Crippen molar-refractivity contribution in [2.24, 2.45) is 23.2 Å². The highest BCUT2D eigenvalue weighted by atomic mass is 19.4. The topological polar surface area (TPSA) is 134 Å². The Bertz CT molecular complexity index is 1070. The van der Waals surface area contributed by atoms with Crippen molar-refractivity contribution in [2.75, 3.05) is 19.7 Å². The molecule has 0 bridgehead atoms. The molecule has 2 saturated carbocycles. The van der Waals surface area contributed by atoms with Crippen molar-refractivity contribution in [1.82, 2.24) is 20.9 Å². The van der Waals surface area contributed by atoms with Crippen LogP contribution >= 0.6 is 0 Å². The zero-order chi connectivity index (χ0) is 29.1. The van der Waals surface area contributed by atoms with E-state index in [2.05, 4.69) is 15.4 Å². The summed E-state index contributed by atoms with van der Waals surface area (Å²) in [5.41, 5.74) is -2.99. The predicted molar refractivity (Wildman–Crippen MR) is 117 cm³/mol. The SMILES string of the molecule is CC1(C)[C@@H]2[C@@H](C(=O)N[C@@H](C[C@@H]3CCNC3=O)C(=O)COC(F)(F)F)N(C(=O)C(=O)NC3(C(F)(F)F)CC3)C[C@@H]21. The smallest absolute Gasteiger partial charge is 0.356 e. The van der Waals surface area contributed by atoms with Gasteiger partial charge in [-0.25, -0.2) is 0 Å². The van der Waals surface area contributed by atoms with Gasteiger partial charge >= 0.3 is 24.4 Å². The third-order valence-corrected chi connectivity index (χ3v) is 8.34. The Labute approximate surface area is 218 Å². The van der Waals surface area contributed by atoms with Crippen molar-refractivity contribution in [2.45, 2.75) is 69.7 Å². The van der Waals surface area contributed by atoms with Gasteiger partial charge in [0.05, 0.1) is 6.04 Å². The normalized spacial score (nSPS) is 29.2. The quantitative estimate of drug-likeness (QED) is 0.292. The first-order valence-electron chi connectivity index (χ1n) is 12.4. The third-order valence-electron chi connectivity index (χ3n) is 8.34. The van der Waals surface area contributed by atoms with Gasteiger partial charge in [-0.2, -0.15) is 13.2 Å². The Morgan fingerprint density at radius 3 is 2.28 bits per heavy atom. The standard InChI is InChI=1S/C23H28F6N4O6/c1-20(2)11-8-33(19(38)18(37)32-21(4-5-21)22(24,25)26)15(14(11)20)17(36)31-12(7-10-3-6-30-16(10)35)13(34)9-39-23(27,28)29/h10-12,14-15H,3-9H2,1-2H3,(H,30,35)(H,31,36)(H,32,37)/t10-,11-,12-,14-,15-/m0/s1. The Hall–Kier alpha value is -2.91. The predicted octanol–water partition coefficient (Wildman–Crippen LogP) is 0.797. The number of amides is 4. The molecule has 0 aromatic carbocycles. The lowest BCUT2D eigenvalue weighted by Crippen LogP contribution is -2.58. The van der Waals surface area contributed by atoms with Crippen molar-refractivity contribution >= 4 is 29.4 Å². The molecule has 4 rings (SSSR count). The van der Waals surface area contributed by atoms with E-state index >= 15 is 0 Å². The molecule has 0 radical (unpaired) electrons. The zero-order valence-corrected chi connectivity index (χ0v) is 21.0. The molecule has 5 atom stereocenters. The van der Waals surface area contributed by atoms with E-state index < -0.39 is 96.3 Å². The molecule has 2 aliphatic carbocycles. The van der Waals surface area contributed by atoms with Crippen LogP contribution in [0.25, 0.3) is 0 Å². The van der Waals surface area contributed by atoms with Crippen LogP contribution in [0.3, 0.4) is 0 Å². The van der Waals surface area contributed by atoms with Crippen LogP contribution in [0.4, 0.5) is 26.3 Å². The van der Waals surface area contributed by atoms with Crippen molar-refractivity contribution in [1.29, 1.82) is 0 Å². The van der Waals surface area contributed by atoms with Crippen LogP contribution in [-0.2, 0) is 28.7 Å². The molecule has 39 heavy (non-hydrogen) atoms. The lowest BCUT2D eigenvalue weighted by Gasteiger charge is -2.31. The second-order valence-electron chi connectivity index (χ2n) is 11.2. The zero-order valence-electron chi connectivity index (χ0n) is 21.0. The van der Waals surface area contributed by atoms with Gasteiger partial charge in [-0.1, -0.05) is 13.8 Å². The van der Waals surface area contributed by atoms with E-state index in [0.29, 0.717) is 0 Å². The van der Waals surface area contributed by atoms with E-state index in [9.17, 15) is 50.3 Å². The van der Waals surface area contributed by atoms with Gasteiger partial charge in [0.2, 0.25) is 11.8 Å². The summed E-state index contributed by atoms with van der Waals surface area (Å²) >= 11 is 0. The van der Waals surface area contributed by atoms with Gasteiger partial charge < -0.3 is 20.9 Å². The first kappa shape index (κ1) is 29.1. The Kier molecular flexibility index (Phi) is 7.18. The van der Waals surface area contributed by atoms with Crippen LogP contribution < -0.4 is 16.0 Å². The molecule has 2 aliphatic heterocycles. The number of nitrogens with zero attached hydrogens (tertiary/aromatic N) is 1. The van der Waals surface area contributed by atoms with Gasteiger partial charge in [0, 0.05) is 19.0 Å². The maximum Gasteiger partial charge on any atom is 0.522 e. The third kappa shape index (κ3) is 5.70. The lowest BCUT2D eigenvalue weighted by molar-refractivity contribution is -0.321. The van der Waals surface area contributed by atoms with E-state index in [1.165, 1.54) is 0 Å². The van der Waals surface area contributed by atoms with Crippen LogP contribution in [0, 0.1) is 23.2 Å². The minimum absolute atomic E-state index is 0.109. The lowest BCUT2D eigenvalue weighted by atomic mass is 9.94. The summed E-state index contributed by atoms with van der Waals surface area (Å²) < 4.78 is 81.0. The number of alkyl halides is 6. The van der Waals surface area contributed by atoms with E-state index in [1.54, 1.807) is 19.2 Å². The van der Waals surface area contributed by atoms with Crippen LogP contribution in [0.2, 0.25) is 0 Å². The molecule has 218 valence electrons. The molecule has 0 spiro atoms. The minimum atomic E-state index is -5.13. The van der Waals surface area contributed by atoms with Crippen LogP contribution in [0.15, 0.2) is 0 Å². The molecular weight excluding hydrogens is 542 g/mol. The summed E-state index contributed by atoms with van der Waals surface area (Å²) in [5.74, 6) is -7.02. The van der Waals surface area contributed by atoms with Crippen molar-refractivity contribution in [3.8, 4) is 0 Å². The summed E-state index contributed by atoms with van der Waals surface area (Å²) in [5, 5.41) is 6.57. The Morgan fingerprint density at radius 1 is 1.13 bits per heavy atom. The molecule has 2 saturated heterocycles. The number of hydrogen-bond donors (Lipinski definition) is 3. The van der Waals surface area contributed by atoms with E-state index in [-0.39, 0.29) is 31.8 Å². The molecular formula is C23H28F6N4O6. The van der Waals surface area contributed by atoms with Crippen molar-refractivity contribution in [3.05, 3.63) is 0 Å². The number of nitrogens with one attached hydrogen (secondary N) is 3. The summed E-state index contributed by atoms with van der Waals surface area (Å²) in [6.07, 6.45) is -10.7. The highest BCUT2D eigenvalue weighted by Gasteiger charge is 2.70. The average molecular weight is 570 g/mol. The number of Topliss-reactive ketones (excluding diaryl/α,β-unsaturated/α-hetero) is 1. The summed E-state index contributed by atoms with van der Waals surface area (Å²) in [6.45, 7) is 2.30. The number of carbonyl (C=O) groups is 5. The van der Waals surface area contributed by atoms with Gasteiger partial charge in [-0.05, 0) is 42.9 Å². The molecule has 4 amide bonds. The fourth-order valence-electron chi connectivity index (χ4n) is 5.74. The molecule has 16 heteroatoms. The van der Waals surface area contributed by atoms with E-state index in [1.807, 2.05) is 0 Å². The number of ketones is 1.